The zero-order valence-electron chi connectivity index (χ0n) is 17.9. The van der Waals surface area contributed by atoms with E-state index in [1.165, 1.54) is 23.1 Å². The maximum absolute atomic E-state index is 13.1. The van der Waals surface area contributed by atoms with E-state index in [1.54, 1.807) is 4.90 Å². The molecule has 1 amide bonds. The van der Waals surface area contributed by atoms with Crippen molar-refractivity contribution in [3.63, 3.8) is 0 Å². The normalized spacial score (nSPS) is 18.2. The number of hydrogen-bond acceptors (Lipinski definition) is 10. The largest absolute Gasteiger partial charge is 0.494 e. The van der Waals surface area contributed by atoms with Crippen molar-refractivity contribution in [3.05, 3.63) is 52.5 Å². The van der Waals surface area contributed by atoms with Gasteiger partial charge in [-0.05, 0) is 37.5 Å². The minimum Gasteiger partial charge on any atom is -0.494 e. The lowest BCUT2D eigenvalue weighted by atomic mass is 9.76. The molecule has 33 heavy (non-hydrogen) atoms. The van der Waals surface area contributed by atoms with Crippen LogP contribution in [-0.4, -0.2) is 34.2 Å². The van der Waals surface area contributed by atoms with Crippen LogP contribution < -0.4 is 21.1 Å². The van der Waals surface area contributed by atoms with Crippen LogP contribution in [0.2, 0.25) is 0 Å². The number of aromatic nitrogens is 2. The summed E-state index contributed by atoms with van der Waals surface area (Å²) in [4.78, 5) is 25.9. The second-order valence-corrected chi connectivity index (χ2v) is 9.60. The maximum atomic E-state index is 13.1. The molecule has 1 aliphatic carbocycles. The summed E-state index contributed by atoms with van der Waals surface area (Å²) in [5.41, 5.74) is 14.1. The molecule has 4 rings (SSSR count). The first-order valence-electron chi connectivity index (χ1n) is 10.4. The fraction of sp³-hybridized carbons (Fsp3) is 0.318. The van der Waals surface area contributed by atoms with Gasteiger partial charge in [0.1, 0.15) is 11.6 Å². The van der Waals surface area contributed by atoms with E-state index in [9.17, 15) is 14.9 Å². The summed E-state index contributed by atoms with van der Waals surface area (Å²) >= 11 is 2.41. The summed E-state index contributed by atoms with van der Waals surface area (Å²) in [5, 5.41) is 18.8. The van der Waals surface area contributed by atoms with E-state index in [4.69, 9.17) is 16.2 Å². The number of carbonyl (C=O) groups excluding carboxylic acids is 2. The van der Waals surface area contributed by atoms with Gasteiger partial charge in [0.2, 0.25) is 11.0 Å². The minimum absolute atomic E-state index is 0.00627. The molecule has 0 saturated carbocycles. The van der Waals surface area contributed by atoms with Crippen LogP contribution in [0.5, 0.6) is 5.75 Å². The van der Waals surface area contributed by atoms with Crippen molar-refractivity contribution in [1.29, 1.82) is 5.26 Å². The van der Waals surface area contributed by atoms with E-state index in [0.29, 0.717) is 46.7 Å². The first-order valence-corrected chi connectivity index (χ1v) is 12.2. The lowest BCUT2D eigenvalue weighted by Crippen LogP contribution is -2.38. The number of primary amides is 1. The Hall–Kier alpha value is -3.36. The topological polar surface area (TPSA) is 148 Å². The second kappa shape index (κ2) is 9.64. The number of anilines is 1. The smallest absolute Gasteiger partial charge is 0.227 e. The molecule has 2 aliphatic rings. The Morgan fingerprint density at radius 3 is 2.76 bits per heavy atom. The van der Waals surface area contributed by atoms with Gasteiger partial charge in [-0.25, -0.2) is 0 Å². The number of allylic oxidation sites excluding steroid dienone is 3. The van der Waals surface area contributed by atoms with Crippen molar-refractivity contribution >= 4 is 39.9 Å². The van der Waals surface area contributed by atoms with Crippen LogP contribution >= 0.6 is 23.1 Å². The molecule has 1 aromatic heterocycles. The van der Waals surface area contributed by atoms with Crippen molar-refractivity contribution in [1.82, 2.24) is 10.2 Å². The number of amides is 1. The summed E-state index contributed by atoms with van der Waals surface area (Å²) in [6.07, 6.45) is 1.72. The Kier molecular flexibility index (Phi) is 6.67. The van der Waals surface area contributed by atoms with Crippen LogP contribution in [0.15, 0.2) is 51.3 Å². The second-order valence-electron chi connectivity index (χ2n) is 7.42. The molecule has 1 atom stereocenters. The molecule has 0 saturated heterocycles. The third kappa shape index (κ3) is 4.44. The third-order valence-electron chi connectivity index (χ3n) is 5.36. The Bertz CT molecular complexity index is 1200. The standard InChI is InChI=1S/C22H22N6O3S2/c1-2-31-13-8-6-12(7-9-13)18-14(10-23)20(25)28(15-4-3-5-16(29)19(15)18)21-26-27-22(33-21)32-11-17(24)30/h6-9,18H,2-5,11,25H2,1H3,(H2,24,30). The molecule has 0 bridgehead atoms. The van der Waals surface area contributed by atoms with Crippen LogP contribution in [-0.2, 0) is 9.59 Å². The molecule has 0 radical (unpaired) electrons. The number of hydrogen-bond donors (Lipinski definition) is 2. The summed E-state index contributed by atoms with van der Waals surface area (Å²) in [7, 11) is 0. The molecule has 2 aromatic rings. The SMILES string of the molecule is CCOc1ccc(C2C(C#N)=C(N)N(c3nnc(SCC(N)=O)s3)C3=C2C(=O)CCC3)cc1. The highest BCUT2D eigenvalue weighted by atomic mass is 32.2. The number of nitrogens with two attached hydrogens (primary N) is 2. The Balaban J connectivity index is 1.79. The lowest BCUT2D eigenvalue weighted by molar-refractivity contribution is -0.116. The quantitative estimate of drug-likeness (QED) is 0.568. The highest BCUT2D eigenvalue weighted by Crippen LogP contribution is 2.47. The number of carbonyl (C=O) groups is 2. The zero-order chi connectivity index (χ0) is 23.5. The Morgan fingerprint density at radius 1 is 1.33 bits per heavy atom. The number of Topliss-reactive ketones (excluding diaryl/α,β-unsaturated/α-hetero) is 1. The van der Waals surface area contributed by atoms with Gasteiger partial charge in [0, 0.05) is 17.7 Å². The summed E-state index contributed by atoms with van der Waals surface area (Å²) in [6, 6.07) is 9.62. The first kappa shape index (κ1) is 22.8. The molecule has 0 fully saturated rings. The molecule has 1 aliphatic heterocycles. The van der Waals surface area contributed by atoms with Gasteiger partial charge in [-0.3, -0.25) is 14.5 Å². The van der Waals surface area contributed by atoms with Gasteiger partial charge in [0.25, 0.3) is 0 Å². The highest BCUT2D eigenvalue weighted by Gasteiger charge is 2.41. The fourth-order valence-electron chi connectivity index (χ4n) is 4.05. The summed E-state index contributed by atoms with van der Waals surface area (Å²) in [6.45, 7) is 2.45. The monoisotopic (exact) mass is 482 g/mol. The molecule has 4 N–H and O–H groups in total. The molecular formula is C22H22N6O3S2. The van der Waals surface area contributed by atoms with E-state index in [0.717, 1.165) is 11.3 Å². The highest BCUT2D eigenvalue weighted by molar-refractivity contribution is 8.01. The first-order chi connectivity index (χ1) is 15.9. The van der Waals surface area contributed by atoms with Crippen molar-refractivity contribution in [2.75, 3.05) is 17.3 Å². The van der Waals surface area contributed by atoms with Gasteiger partial charge in [-0.1, -0.05) is 35.2 Å². The third-order valence-corrected chi connectivity index (χ3v) is 7.43. The molecular weight excluding hydrogens is 460 g/mol. The molecule has 1 aromatic carbocycles. The minimum atomic E-state index is -0.554. The molecule has 2 heterocycles. The van der Waals surface area contributed by atoms with Crippen molar-refractivity contribution < 1.29 is 14.3 Å². The molecule has 170 valence electrons. The Labute approximate surface area is 199 Å². The molecule has 0 spiro atoms. The van der Waals surface area contributed by atoms with Gasteiger partial charge in [-0.2, -0.15) is 5.26 Å². The van der Waals surface area contributed by atoms with Gasteiger partial charge in [0.15, 0.2) is 10.1 Å². The number of ether oxygens (including phenoxy) is 1. The molecule has 9 nitrogen and oxygen atoms in total. The number of thioether (sulfide) groups is 1. The average Bonchev–Trinajstić information content (AvgIpc) is 3.26. The lowest BCUT2D eigenvalue weighted by Gasteiger charge is -2.38. The van der Waals surface area contributed by atoms with E-state index >= 15 is 0 Å². The number of benzene rings is 1. The van der Waals surface area contributed by atoms with E-state index in [2.05, 4.69) is 16.3 Å². The van der Waals surface area contributed by atoms with Crippen molar-refractivity contribution in [3.8, 4) is 11.8 Å². The van der Waals surface area contributed by atoms with Crippen LogP contribution in [0.25, 0.3) is 0 Å². The fourth-order valence-corrected chi connectivity index (χ4v) is 5.67. The van der Waals surface area contributed by atoms with Gasteiger partial charge >= 0.3 is 0 Å². The predicted octanol–water partition coefficient (Wildman–Crippen LogP) is 2.82. The predicted molar refractivity (Wildman–Crippen MR) is 125 cm³/mol. The van der Waals surface area contributed by atoms with Gasteiger partial charge in [0.05, 0.1) is 29.9 Å². The number of nitrogens with zero attached hydrogens (tertiary/aromatic N) is 4. The van der Waals surface area contributed by atoms with Crippen LogP contribution in [0.3, 0.4) is 0 Å². The van der Waals surface area contributed by atoms with E-state index < -0.39 is 11.8 Å². The van der Waals surface area contributed by atoms with Crippen LogP contribution in [0, 0.1) is 11.3 Å². The maximum Gasteiger partial charge on any atom is 0.227 e. The van der Waals surface area contributed by atoms with Crippen LogP contribution in [0.4, 0.5) is 5.13 Å². The zero-order valence-corrected chi connectivity index (χ0v) is 19.5. The molecule has 11 heteroatoms. The van der Waals surface area contributed by atoms with Crippen molar-refractivity contribution in [2.45, 2.75) is 36.4 Å². The summed E-state index contributed by atoms with van der Waals surface area (Å²) in [5.74, 6) is 0.00694. The van der Waals surface area contributed by atoms with Gasteiger partial charge in [-0.15, -0.1) is 10.2 Å². The Morgan fingerprint density at radius 2 is 2.09 bits per heavy atom. The van der Waals surface area contributed by atoms with Crippen LogP contribution in [0.1, 0.15) is 37.7 Å². The van der Waals surface area contributed by atoms with Gasteiger partial charge < -0.3 is 16.2 Å². The number of ketones is 1. The average molecular weight is 483 g/mol. The summed E-state index contributed by atoms with van der Waals surface area (Å²) < 4.78 is 6.08. The number of rotatable bonds is 7. The number of nitriles is 1. The van der Waals surface area contributed by atoms with E-state index in [-0.39, 0.29) is 22.9 Å². The van der Waals surface area contributed by atoms with E-state index in [1.807, 2.05) is 31.2 Å². The van der Waals surface area contributed by atoms with Crippen molar-refractivity contribution in [2.24, 2.45) is 11.5 Å². The molecule has 1 unspecified atom stereocenters.